The molecule has 2 unspecified atom stereocenters. The van der Waals surface area contributed by atoms with Crippen molar-refractivity contribution in [1.29, 1.82) is 5.26 Å². The van der Waals surface area contributed by atoms with Gasteiger partial charge in [0.05, 0.1) is 29.8 Å². The number of nitriles is 1. The number of likely N-dealkylation sites (tertiary alicyclic amines) is 1. The van der Waals surface area contributed by atoms with Crippen molar-refractivity contribution in [1.82, 2.24) is 15.5 Å². The second-order valence-electron chi connectivity index (χ2n) is 7.45. The Bertz CT molecular complexity index is 866. The Labute approximate surface area is 164 Å². The molecule has 7 heteroatoms. The van der Waals surface area contributed by atoms with E-state index in [1.807, 2.05) is 6.08 Å². The van der Waals surface area contributed by atoms with Gasteiger partial charge in [0.25, 0.3) is 0 Å². The highest BCUT2D eigenvalue weighted by Gasteiger charge is 2.35. The first-order valence-electron chi connectivity index (χ1n) is 9.59. The molecule has 0 saturated carbocycles. The molecule has 2 amide bonds. The van der Waals surface area contributed by atoms with Gasteiger partial charge in [0.2, 0.25) is 0 Å². The summed E-state index contributed by atoms with van der Waals surface area (Å²) in [5, 5.41) is 18.3. The smallest absolute Gasteiger partial charge is 0.319 e. The highest BCUT2D eigenvalue weighted by Crippen LogP contribution is 2.22. The normalized spacial score (nSPS) is 28.6. The zero-order chi connectivity index (χ0) is 19.5. The monoisotopic (exact) mass is 376 g/mol. The van der Waals surface area contributed by atoms with Crippen LogP contribution in [0.4, 0.5) is 10.5 Å². The quantitative estimate of drug-likeness (QED) is 0.752. The predicted octanol–water partition coefficient (Wildman–Crippen LogP) is 2.01. The molecule has 2 aliphatic heterocycles. The predicted molar refractivity (Wildman–Crippen MR) is 109 cm³/mol. The van der Waals surface area contributed by atoms with Gasteiger partial charge in [-0.2, -0.15) is 5.26 Å². The van der Waals surface area contributed by atoms with Crippen LogP contribution in [-0.4, -0.2) is 54.5 Å². The third-order valence-corrected chi connectivity index (χ3v) is 5.50. The fourth-order valence-electron chi connectivity index (χ4n) is 3.92. The van der Waals surface area contributed by atoms with Crippen LogP contribution in [0.15, 0.2) is 53.6 Å². The summed E-state index contributed by atoms with van der Waals surface area (Å²) >= 11 is 0. The SMILES string of the molecule is CN1CC[C@@H](NC(=O)Nc2ccc(C#N)cc2)C[C@@H]1C1=NC2C=CC=CC2N1. The Morgan fingerprint density at radius 3 is 2.82 bits per heavy atom. The van der Waals surface area contributed by atoms with Crippen molar-refractivity contribution in [2.75, 3.05) is 18.9 Å². The highest BCUT2D eigenvalue weighted by molar-refractivity contribution is 5.91. The Balaban J connectivity index is 1.35. The lowest BCUT2D eigenvalue weighted by Crippen LogP contribution is -2.54. The number of carbonyl (C=O) groups excluding carboxylic acids is 1. The highest BCUT2D eigenvalue weighted by atomic mass is 16.2. The maximum atomic E-state index is 12.4. The van der Waals surface area contributed by atoms with E-state index in [1.54, 1.807) is 24.3 Å². The second kappa shape index (κ2) is 7.87. The van der Waals surface area contributed by atoms with Crippen molar-refractivity contribution in [2.24, 2.45) is 4.99 Å². The van der Waals surface area contributed by atoms with E-state index < -0.39 is 0 Å². The molecule has 1 saturated heterocycles. The van der Waals surface area contributed by atoms with Crippen molar-refractivity contribution in [3.05, 3.63) is 54.1 Å². The second-order valence-corrected chi connectivity index (χ2v) is 7.45. The van der Waals surface area contributed by atoms with E-state index in [1.165, 1.54) is 0 Å². The fraction of sp³-hybridized carbons (Fsp3) is 0.381. The molecule has 0 spiro atoms. The summed E-state index contributed by atoms with van der Waals surface area (Å²) in [6.45, 7) is 0.897. The third kappa shape index (κ3) is 3.92. The van der Waals surface area contributed by atoms with Crippen molar-refractivity contribution < 1.29 is 4.79 Å². The molecule has 0 radical (unpaired) electrons. The third-order valence-electron chi connectivity index (χ3n) is 5.50. The van der Waals surface area contributed by atoms with Gasteiger partial charge in [-0.15, -0.1) is 0 Å². The molecular formula is C21H24N6O. The number of hydrogen-bond donors (Lipinski definition) is 3. The lowest BCUT2D eigenvalue weighted by molar-refractivity contribution is 0.195. The Morgan fingerprint density at radius 2 is 2.07 bits per heavy atom. The van der Waals surface area contributed by atoms with Crippen LogP contribution in [0.25, 0.3) is 0 Å². The summed E-state index contributed by atoms with van der Waals surface area (Å²) < 4.78 is 0. The molecule has 1 aromatic rings. The first-order chi connectivity index (χ1) is 13.6. The van der Waals surface area contributed by atoms with E-state index in [0.717, 1.165) is 25.2 Å². The van der Waals surface area contributed by atoms with Crippen LogP contribution in [0.2, 0.25) is 0 Å². The number of nitrogens with zero attached hydrogens (tertiary/aromatic N) is 3. The van der Waals surface area contributed by atoms with Gasteiger partial charge in [0.1, 0.15) is 5.84 Å². The van der Waals surface area contributed by atoms with Crippen LogP contribution >= 0.6 is 0 Å². The maximum Gasteiger partial charge on any atom is 0.319 e. The zero-order valence-electron chi connectivity index (χ0n) is 15.8. The first kappa shape index (κ1) is 18.3. The van der Waals surface area contributed by atoms with Crippen LogP contribution in [-0.2, 0) is 0 Å². The lowest BCUT2D eigenvalue weighted by atomic mass is 9.96. The molecule has 7 nitrogen and oxygen atoms in total. The number of amidine groups is 1. The number of piperidine rings is 1. The van der Waals surface area contributed by atoms with E-state index in [0.29, 0.717) is 11.3 Å². The molecular weight excluding hydrogens is 352 g/mol. The lowest BCUT2D eigenvalue weighted by Gasteiger charge is -2.37. The summed E-state index contributed by atoms with van der Waals surface area (Å²) in [5.74, 6) is 1.01. The van der Waals surface area contributed by atoms with Gasteiger partial charge in [-0.3, -0.25) is 9.89 Å². The van der Waals surface area contributed by atoms with Crippen molar-refractivity contribution in [3.8, 4) is 6.07 Å². The van der Waals surface area contributed by atoms with Crippen molar-refractivity contribution >= 4 is 17.6 Å². The number of urea groups is 1. The largest absolute Gasteiger partial charge is 0.364 e. The molecule has 0 aromatic heterocycles. The number of rotatable bonds is 3. The minimum Gasteiger partial charge on any atom is -0.364 e. The minimum atomic E-state index is -0.223. The summed E-state index contributed by atoms with van der Waals surface area (Å²) in [4.78, 5) is 19.5. The van der Waals surface area contributed by atoms with E-state index in [2.05, 4.69) is 52.2 Å². The standard InChI is InChI=1S/C21H24N6O/c1-27-11-10-16(24-21(28)23-15-8-6-14(13-22)7-9-15)12-19(27)20-25-17-4-2-3-5-18(17)26-20/h2-9,16-19H,10-12H2,1H3,(H,25,26)(H2,23,24,28)/t16-,17?,18?,19-/m1/s1. The van der Waals surface area contributed by atoms with Crippen LogP contribution in [0, 0.1) is 11.3 Å². The Kier molecular flexibility index (Phi) is 5.13. The van der Waals surface area contributed by atoms with E-state index in [-0.39, 0.29) is 30.2 Å². The number of fused-ring (bicyclic) bond motifs is 1. The number of nitrogens with one attached hydrogen (secondary N) is 3. The van der Waals surface area contributed by atoms with Crippen LogP contribution in [0.3, 0.4) is 0 Å². The minimum absolute atomic E-state index is 0.0813. The first-order valence-corrected chi connectivity index (χ1v) is 9.59. The molecule has 2 heterocycles. The molecule has 4 atom stereocenters. The Morgan fingerprint density at radius 1 is 1.29 bits per heavy atom. The number of benzene rings is 1. The summed E-state index contributed by atoms with van der Waals surface area (Å²) in [5.41, 5.74) is 1.24. The number of aliphatic imine (C=N–C) groups is 1. The zero-order valence-corrected chi connectivity index (χ0v) is 15.8. The van der Waals surface area contributed by atoms with Crippen molar-refractivity contribution in [3.63, 3.8) is 0 Å². The number of hydrogen-bond acceptors (Lipinski definition) is 5. The van der Waals surface area contributed by atoms with Gasteiger partial charge < -0.3 is 16.0 Å². The number of amides is 2. The van der Waals surface area contributed by atoms with Gasteiger partial charge in [-0.1, -0.05) is 24.3 Å². The molecule has 144 valence electrons. The fourth-order valence-corrected chi connectivity index (χ4v) is 3.92. The van der Waals surface area contributed by atoms with E-state index >= 15 is 0 Å². The topological polar surface area (TPSA) is 92.5 Å². The average Bonchev–Trinajstić information content (AvgIpc) is 3.14. The number of anilines is 1. The molecule has 4 rings (SSSR count). The van der Waals surface area contributed by atoms with E-state index in [9.17, 15) is 4.79 Å². The van der Waals surface area contributed by atoms with Crippen LogP contribution in [0.5, 0.6) is 0 Å². The number of allylic oxidation sites excluding steroid dienone is 2. The number of carbonyl (C=O) groups is 1. The van der Waals surface area contributed by atoms with Gasteiger partial charge >= 0.3 is 6.03 Å². The Hall–Kier alpha value is -3.11. The van der Waals surface area contributed by atoms with Crippen molar-refractivity contribution in [2.45, 2.75) is 37.0 Å². The molecule has 28 heavy (non-hydrogen) atoms. The van der Waals surface area contributed by atoms with Crippen LogP contribution in [0.1, 0.15) is 18.4 Å². The molecule has 3 N–H and O–H groups in total. The van der Waals surface area contributed by atoms with Gasteiger partial charge in [0.15, 0.2) is 0 Å². The summed E-state index contributed by atoms with van der Waals surface area (Å²) in [6, 6.07) is 9.34. The molecule has 3 aliphatic rings. The molecule has 1 fully saturated rings. The van der Waals surface area contributed by atoms with Gasteiger partial charge in [-0.05, 0) is 44.2 Å². The molecule has 0 bridgehead atoms. The van der Waals surface area contributed by atoms with Gasteiger partial charge in [-0.25, -0.2) is 4.79 Å². The molecule has 1 aromatic carbocycles. The average molecular weight is 376 g/mol. The van der Waals surface area contributed by atoms with Gasteiger partial charge in [0, 0.05) is 18.3 Å². The summed E-state index contributed by atoms with van der Waals surface area (Å²) in [6.07, 6.45) is 10.1. The maximum absolute atomic E-state index is 12.4. The summed E-state index contributed by atoms with van der Waals surface area (Å²) in [7, 11) is 2.11. The molecule has 1 aliphatic carbocycles. The van der Waals surface area contributed by atoms with E-state index in [4.69, 9.17) is 10.3 Å². The number of likely N-dealkylation sites (N-methyl/N-ethyl adjacent to an activating group) is 1. The van der Waals surface area contributed by atoms with Crippen LogP contribution < -0.4 is 16.0 Å².